The Labute approximate surface area is 187 Å². The lowest BCUT2D eigenvalue weighted by molar-refractivity contribution is -0.146. The van der Waals surface area contributed by atoms with Crippen LogP contribution in [0.3, 0.4) is 0 Å². The molecule has 1 saturated heterocycles. The van der Waals surface area contributed by atoms with Crippen molar-refractivity contribution in [1.29, 1.82) is 0 Å². The molecule has 4 rings (SSSR count). The fourth-order valence-electron chi connectivity index (χ4n) is 3.87. The second kappa shape index (κ2) is 9.00. The Kier molecular flexibility index (Phi) is 6.14. The molecular formula is C23H20ClFN2O5. The number of piperidine rings is 1. The van der Waals surface area contributed by atoms with Crippen molar-refractivity contribution in [3.05, 3.63) is 63.8 Å². The van der Waals surface area contributed by atoms with Gasteiger partial charge in [0.05, 0.1) is 16.3 Å². The van der Waals surface area contributed by atoms with Crippen LogP contribution in [0.4, 0.5) is 4.39 Å². The van der Waals surface area contributed by atoms with Crippen LogP contribution < -0.4 is 10.3 Å². The summed E-state index contributed by atoms with van der Waals surface area (Å²) in [6.45, 7) is 0.529. The number of aromatic nitrogens is 1. The number of carbonyl (C=O) groups is 2. The van der Waals surface area contributed by atoms with Crippen LogP contribution in [0.1, 0.15) is 12.8 Å². The van der Waals surface area contributed by atoms with Gasteiger partial charge in [0, 0.05) is 30.4 Å². The zero-order chi connectivity index (χ0) is 22.8. The van der Waals surface area contributed by atoms with Gasteiger partial charge in [-0.1, -0.05) is 11.6 Å². The highest BCUT2D eigenvalue weighted by molar-refractivity contribution is 6.33. The number of fused-ring (bicyclic) bond motifs is 1. The Morgan fingerprint density at radius 1 is 1.12 bits per heavy atom. The monoisotopic (exact) mass is 458 g/mol. The number of pyridine rings is 1. The van der Waals surface area contributed by atoms with Gasteiger partial charge in [0.25, 0.3) is 11.5 Å². The molecule has 0 atom stereocenters. The van der Waals surface area contributed by atoms with Gasteiger partial charge >= 0.3 is 5.97 Å². The van der Waals surface area contributed by atoms with Gasteiger partial charge in [-0.3, -0.25) is 14.4 Å². The van der Waals surface area contributed by atoms with Crippen LogP contribution in [0.15, 0.2) is 47.4 Å². The van der Waals surface area contributed by atoms with Crippen LogP contribution in [0.5, 0.6) is 5.75 Å². The average molecular weight is 459 g/mol. The number of amides is 1. The summed E-state index contributed by atoms with van der Waals surface area (Å²) in [5, 5.41) is 10.2. The SMILES string of the molecule is O=C(O)C1CCN(C(=O)COc2ccc3c(-c4ccc(F)cc4Cl)c[nH]c(=O)c3c2)CC1. The van der Waals surface area contributed by atoms with Gasteiger partial charge in [0.2, 0.25) is 0 Å². The van der Waals surface area contributed by atoms with Crippen LogP contribution in [-0.2, 0) is 9.59 Å². The van der Waals surface area contributed by atoms with E-state index in [-0.39, 0.29) is 23.1 Å². The van der Waals surface area contributed by atoms with Gasteiger partial charge in [0.1, 0.15) is 11.6 Å². The van der Waals surface area contributed by atoms with Crippen molar-refractivity contribution in [1.82, 2.24) is 9.88 Å². The maximum atomic E-state index is 13.4. The number of hydrogen-bond donors (Lipinski definition) is 2. The molecule has 2 heterocycles. The molecule has 1 fully saturated rings. The van der Waals surface area contributed by atoms with Gasteiger partial charge < -0.3 is 19.7 Å². The van der Waals surface area contributed by atoms with Crippen LogP contribution in [0.25, 0.3) is 21.9 Å². The number of aromatic amines is 1. The van der Waals surface area contributed by atoms with E-state index in [9.17, 15) is 18.8 Å². The molecule has 32 heavy (non-hydrogen) atoms. The number of aliphatic carboxylic acids is 1. The molecule has 0 bridgehead atoms. The predicted octanol–water partition coefficient (Wildman–Crippen LogP) is 3.69. The van der Waals surface area contributed by atoms with Gasteiger partial charge in [-0.05, 0) is 54.6 Å². The third-order valence-corrected chi connectivity index (χ3v) is 5.97. The van der Waals surface area contributed by atoms with Crippen LogP contribution >= 0.6 is 11.6 Å². The van der Waals surface area contributed by atoms with Crippen molar-refractivity contribution >= 4 is 34.2 Å². The highest BCUT2D eigenvalue weighted by Gasteiger charge is 2.27. The fraction of sp³-hybridized carbons (Fsp3) is 0.261. The molecule has 0 radical (unpaired) electrons. The van der Waals surface area contributed by atoms with Crippen molar-refractivity contribution in [2.75, 3.05) is 19.7 Å². The number of carbonyl (C=O) groups excluding carboxylic acids is 1. The summed E-state index contributed by atoms with van der Waals surface area (Å²) in [5.74, 6) is -1.61. The molecule has 0 aliphatic carbocycles. The minimum absolute atomic E-state index is 0.218. The molecule has 1 amide bonds. The van der Waals surface area contributed by atoms with Crippen LogP contribution in [0.2, 0.25) is 5.02 Å². The molecule has 0 unspecified atom stereocenters. The molecule has 0 spiro atoms. The third kappa shape index (κ3) is 4.45. The number of rotatable bonds is 5. The molecule has 3 aromatic rings. The van der Waals surface area contributed by atoms with Crippen molar-refractivity contribution in [3.63, 3.8) is 0 Å². The van der Waals surface area contributed by atoms with E-state index >= 15 is 0 Å². The fourth-order valence-corrected chi connectivity index (χ4v) is 4.14. The molecule has 166 valence electrons. The molecule has 1 aromatic heterocycles. The van der Waals surface area contributed by atoms with E-state index < -0.39 is 17.7 Å². The van der Waals surface area contributed by atoms with E-state index in [0.717, 1.165) is 0 Å². The third-order valence-electron chi connectivity index (χ3n) is 5.65. The van der Waals surface area contributed by atoms with Crippen molar-refractivity contribution in [3.8, 4) is 16.9 Å². The molecule has 9 heteroatoms. The molecule has 2 N–H and O–H groups in total. The van der Waals surface area contributed by atoms with Crippen molar-refractivity contribution < 1.29 is 23.8 Å². The number of halogens is 2. The number of hydrogen-bond acceptors (Lipinski definition) is 4. The van der Waals surface area contributed by atoms with Crippen LogP contribution in [0, 0.1) is 11.7 Å². The van der Waals surface area contributed by atoms with Gasteiger partial charge in [-0.25, -0.2) is 4.39 Å². The minimum Gasteiger partial charge on any atom is -0.484 e. The van der Waals surface area contributed by atoms with E-state index in [2.05, 4.69) is 4.98 Å². The largest absolute Gasteiger partial charge is 0.484 e. The normalized spacial score (nSPS) is 14.5. The smallest absolute Gasteiger partial charge is 0.306 e. The summed E-state index contributed by atoms with van der Waals surface area (Å²) in [5.41, 5.74) is 0.867. The maximum absolute atomic E-state index is 13.4. The minimum atomic E-state index is -0.837. The number of ether oxygens (including phenoxy) is 1. The summed E-state index contributed by atoms with van der Waals surface area (Å²) >= 11 is 6.19. The van der Waals surface area contributed by atoms with Gasteiger partial charge in [0.15, 0.2) is 6.61 Å². The van der Waals surface area contributed by atoms with Crippen molar-refractivity contribution in [2.24, 2.45) is 5.92 Å². The Morgan fingerprint density at radius 3 is 2.56 bits per heavy atom. The summed E-state index contributed by atoms with van der Waals surface area (Å²) < 4.78 is 19.0. The van der Waals surface area contributed by atoms with E-state index in [4.69, 9.17) is 21.4 Å². The summed E-state index contributed by atoms with van der Waals surface area (Å²) in [4.78, 5) is 40.1. The first-order valence-electron chi connectivity index (χ1n) is 10.1. The first-order valence-corrected chi connectivity index (χ1v) is 10.5. The van der Waals surface area contributed by atoms with E-state index in [0.29, 0.717) is 53.6 Å². The van der Waals surface area contributed by atoms with E-state index in [1.165, 1.54) is 18.3 Å². The quantitative estimate of drug-likeness (QED) is 0.607. The zero-order valence-corrected chi connectivity index (χ0v) is 17.7. The lowest BCUT2D eigenvalue weighted by Gasteiger charge is -2.30. The van der Waals surface area contributed by atoms with Gasteiger partial charge in [-0.15, -0.1) is 0 Å². The first kappa shape index (κ1) is 21.8. The Bertz CT molecular complexity index is 1250. The van der Waals surface area contributed by atoms with Gasteiger partial charge in [-0.2, -0.15) is 0 Å². The molecular weight excluding hydrogens is 439 g/mol. The number of nitrogens with zero attached hydrogens (tertiary/aromatic N) is 1. The first-order chi connectivity index (χ1) is 15.3. The standard InChI is InChI=1S/C23H20ClFN2O5/c24-20-9-14(25)1-3-17(20)19-11-26-22(29)18-10-15(2-4-16(18)19)32-12-21(28)27-7-5-13(6-8-27)23(30)31/h1-4,9-11,13H,5-8,12H2,(H,26,29)(H,30,31). The highest BCUT2D eigenvalue weighted by atomic mass is 35.5. The molecule has 1 aliphatic rings. The second-order valence-corrected chi connectivity index (χ2v) is 8.05. The van der Waals surface area contributed by atoms with Crippen molar-refractivity contribution in [2.45, 2.75) is 12.8 Å². The van der Waals surface area contributed by atoms with E-state index in [1.807, 2.05) is 0 Å². The average Bonchev–Trinajstić information content (AvgIpc) is 2.78. The summed E-state index contributed by atoms with van der Waals surface area (Å²) in [6.07, 6.45) is 2.36. The number of H-pyrrole nitrogens is 1. The number of carboxylic acid groups (broad SMARTS) is 1. The van der Waals surface area contributed by atoms with E-state index in [1.54, 1.807) is 29.2 Å². The molecule has 1 aliphatic heterocycles. The lowest BCUT2D eigenvalue weighted by Crippen LogP contribution is -2.42. The Hall–Kier alpha value is -3.39. The maximum Gasteiger partial charge on any atom is 0.306 e. The second-order valence-electron chi connectivity index (χ2n) is 7.65. The predicted molar refractivity (Wildman–Crippen MR) is 117 cm³/mol. The number of likely N-dealkylation sites (tertiary alicyclic amines) is 1. The van der Waals surface area contributed by atoms with Crippen LogP contribution in [-0.4, -0.2) is 46.6 Å². The molecule has 7 nitrogen and oxygen atoms in total. The Morgan fingerprint density at radius 2 is 1.88 bits per heavy atom. The highest BCUT2D eigenvalue weighted by Crippen LogP contribution is 2.33. The summed E-state index contributed by atoms with van der Waals surface area (Å²) in [7, 11) is 0. The number of benzene rings is 2. The zero-order valence-electron chi connectivity index (χ0n) is 16.9. The Balaban J connectivity index is 1.52. The summed E-state index contributed by atoms with van der Waals surface area (Å²) in [6, 6.07) is 8.92. The number of carboxylic acids is 1. The molecule has 2 aromatic carbocycles. The topological polar surface area (TPSA) is 99.7 Å². The number of nitrogens with one attached hydrogen (secondary N) is 1. The molecule has 0 saturated carbocycles. The lowest BCUT2D eigenvalue weighted by atomic mass is 9.97.